The molecule has 0 aromatic carbocycles. The Hall–Kier alpha value is -0.560. The van der Waals surface area contributed by atoms with Gasteiger partial charge in [0, 0.05) is 13.0 Å². The highest BCUT2D eigenvalue weighted by Gasteiger charge is 2.51. The SMILES string of the molecule is CC(C)(C)OC(=O)N1CC2(C[C@H]1C(=O)O)SCCCS2. The summed E-state index contributed by atoms with van der Waals surface area (Å²) in [6, 6.07) is -0.775. The minimum Gasteiger partial charge on any atom is -0.480 e. The fraction of sp³-hybridized carbons (Fsp3) is 0.846. The van der Waals surface area contributed by atoms with E-state index in [1.54, 1.807) is 44.3 Å². The Kier molecular flexibility index (Phi) is 4.49. The summed E-state index contributed by atoms with van der Waals surface area (Å²) in [5, 5.41) is 9.38. The first-order chi connectivity index (χ1) is 9.22. The lowest BCUT2D eigenvalue weighted by molar-refractivity contribution is -0.142. The van der Waals surface area contributed by atoms with Crippen LogP contribution >= 0.6 is 23.5 Å². The molecule has 0 aromatic rings. The van der Waals surface area contributed by atoms with Crippen LogP contribution in [0.2, 0.25) is 0 Å². The second-order valence-electron chi connectivity index (χ2n) is 6.13. The zero-order chi connectivity index (χ0) is 15.0. The van der Waals surface area contributed by atoms with Gasteiger partial charge in [-0.15, -0.1) is 23.5 Å². The summed E-state index contributed by atoms with van der Waals surface area (Å²) in [4.78, 5) is 25.1. The van der Waals surface area contributed by atoms with Gasteiger partial charge >= 0.3 is 12.1 Å². The molecule has 2 heterocycles. The number of carbonyl (C=O) groups excluding carboxylic acids is 1. The van der Waals surface area contributed by atoms with Crippen LogP contribution in [0.15, 0.2) is 0 Å². The first kappa shape index (κ1) is 15.8. The molecule has 20 heavy (non-hydrogen) atoms. The van der Waals surface area contributed by atoms with E-state index in [1.165, 1.54) is 4.90 Å². The van der Waals surface area contributed by atoms with Crippen LogP contribution in [0.5, 0.6) is 0 Å². The first-order valence-electron chi connectivity index (χ1n) is 6.73. The number of carbonyl (C=O) groups is 2. The summed E-state index contributed by atoms with van der Waals surface area (Å²) < 4.78 is 5.17. The third kappa shape index (κ3) is 3.55. The largest absolute Gasteiger partial charge is 0.480 e. The highest BCUT2D eigenvalue weighted by atomic mass is 32.2. The number of ether oxygens (including phenoxy) is 1. The van der Waals surface area contributed by atoms with Crippen molar-refractivity contribution in [2.45, 2.75) is 49.3 Å². The summed E-state index contributed by atoms with van der Waals surface area (Å²) in [7, 11) is 0. The normalized spacial score (nSPS) is 25.8. The molecule has 2 rings (SSSR count). The summed E-state index contributed by atoms with van der Waals surface area (Å²) in [5.74, 6) is 1.11. The van der Waals surface area contributed by atoms with Crippen LogP contribution in [0, 0.1) is 0 Å². The smallest absolute Gasteiger partial charge is 0.411 e. The highest BCUT2D eigenvalue weighted by Crippen LogP contribution is 2.50. The van der Waals surface area contributed by atoms with Crippen molar-refractivity contribution in [2.24, 2.45) is 0 Å². The lowest BCUT2D eigenvalue weighted by Gasteiger charge is -2.32. The van der Waals surface area contributed by atoms with Crippen LogP contribution in [0.1, 0.15) is 33.6 Å². The number of rotatable bonds is 1. The van der Waals surface area contributed by atoms with Gasteiger partial charge in [-0.2, -0.15) is 0 Å². The maximum Gasteiger partial charge on any atom is 0.411 e. The Morgan fingerprint density at radius 3 is 2.40 bits per heavy atom. The number of hydrogen-bond donors (Lipinski definition) is 1. The molecule has 1 atom stereocenters. The van der Waals surface area contributed by atoms with E-state index in [2.05, 4.69) is 0 Å². The molecule has 114 valence electrons. The summed E-state index contributed by atoms with van der Waals surface area (Å²) in [5.41, 5.74) is -0.608. The molecule has 0 radical (unpaired) electrons. The number of amides is 1. The second kappa shape index (κ2) is 5.67. The Labute approximate surface area is 127 Å². The number of hydrogen-bond acceptors (Lipinski definition) is 5. The van der Waals surface area contributed by atoms with Crippen LogP contribution < -0.4 is 0 Å². The molecule has 1 N–H and O–H groups in total. The van der Waals surface area contributed by atoms with Crippen LogP contribution in [-0.2, 0) is 9.53 Å². The van der Waals surface area contributed by atoms with E-state index in [9.17, 15) is 14.7 Å². The van der Waals surface area contributed by atoms with Crippen molar-refractivity contribution in [2.75, 3.05) is 18.1 Å². The fourth-order valence-corrected chi connectivity index (χ4v) is 5.75. The molecule has 0 saturated carbocycles. The van der Waals surface area contributed by atoms with Gasteiger partial charge in [0.05, 0.1) is 4.08 Å². The van der Waals surface area contributed by atoms with Crippen molar-refractivity contribution in [1.29, 1.82) is 0 Å². The van der Waals surface area contributed by atoms with E-state index in [4.69, 9.17) is 4.74 Å². The third-order valence-electron chi connectivity index (χ3n) is 3.22. The van der Waals surface area contributed by atoms with Gasteiger partial charge in [-0.25, -0.2) is 9.59 Å². The van der Waals surface area contributed by atoms with Crippen LogP contribution in [-0.4, -0.2) is 55.8 Å². The average Bonchev–Trinajstić information content (AvgIpc) is 2.68. The predicted molar refractivity (Wildman–Crippen MR) is 81.2 cm³/mol. The summed E-state index contributed by atoms with van der Waals surface area (Å²) >= 11 is 3.57. The molecule has 0 bridgehead atoms. The molecule has 2 fully saturated rings. The highest BCUT2D eigenvalue weighted by molar-refractivity contribution is 8.18. The van der Waals surface area contributed by atoms with Crippen molar-refractivity contribution in [1.82, 2.24) is 4.90 Å². The molecule has 0 aliphatic carbocycles. The molecule has 7 heteroatoms. The fourth-order valence-electron chi connectivity index (χ4n) is 2.40. The van der Waals surface area contributed by atoms with Crippen molar-refractivity contribution in [3.05, 3.63) is 0 Å². The molecule has 2 saturated heterocycles. The Morgan fingerprint density at radius 2 is 1.90 bits per heavy atom. The molecular formula is C13H21NO4S2. The van der Waals surface area contributed by atoms with Gasteiger partial charge in [-0.1, -0.05) is 0 Å². The van der Waals surface area contributed by atoms with E-state index in [0.717, 1.165) is 17.9 Å². The second-order valence-corrected chi connectivity index (χ2v) is 9.34. The summed E-state index contributed by atoms with van der Waals surface area (Å²) in [6.07, 6.45) is 1.12. The van der Waals surface area contributed by atoms with Gasteiger partial charge in [0.15, 0.2) is 0 Å². The van der Waals surface area contributed by atoms with Gasteiger partial charge in [0.25, 0.3) is 0 Å². The third-order valence-corrected chi connectivity index (χ3v) is 6.56. The predicted octanol–water partition coefficient (Wildman–Crippen LogP) is 2.65. The maximum atomic E-state index is 12.2. The van der Waals surface area contributed by atoms with Crippen LogP contribution in [0.4, 0.5) is 4.79 Å². The molecular weight excluding hydrogens is 298 g/mol. The molecule has 0 aromatic heterocycles. The molecule has 0 unspecified atom stereocenters. The van der Waals surface area contributed by atoms with Gasteiger partial charge in [0.2, 0.25) is 0 Å². The van der Waals surface area contributed by atoms with E-state index in [1.807, 2.05) is 0 Å². The van der Waals surface area contributed by atoms with Gasteiger partial charge in [-0.3, -0.25) is 4.90 Å². The number of aliphatic carboxylic acids is 1. The van der Waals surface area contributed by atoms with Crippen molar-refractivity contribution >= 4 is 35.6 Å². The standard InChI is InChI=1S/C13H21NO4S2/c1-12(2,3)18-11(17)14-8-13(7-9(14)10(15)16)19-5-4-6-20-13/h9H,4-8H2,1-3H3,(H,15,16)/t9-/m0/s1. The number of carboxylic acids is 1. The maximum absolute atomic E-state index is 12.2. The lowest BCUT2D eigenvalue weighted by Crippen LogP contribution is -2.43. The molecule has 1 spiro atoms. The molecule has 2 aliphatic rings. The monoisotopic (exact) mass is 319 g/mol. The Morgan fingerprint density at radius 1 is 1.30 bits per heavy atom. The van der Waals surface area contributed by atoms with Crippen LogP contribution in [0.3, 0.4) is 0 Å². The lowest BCUT2D eigenvalue weighted by atomic mass is 10.2. The Balaban J connectivity index is 2.13. The van der Waals surface area contributed by atoms with Crippen molar-refractivity contribution < 1.29 is 19.4 Å². The first-order valence-corrected chi connectivity index (χ1v) is 8.70. The minimum absolute atomic E-state index is 0.168. The number of thioether (sulfide) groups is 2. The number of likely N-dealkylation sites (tertiary alicyclic amines) is 1. The minimum atomic E-state index is -0.945. The topological polar surface area (TPSA) is 66.8 Å². The average molecular weight is 319 g/mol. The van der Waals surface area contributed by atoms with Crippen molar-refractivity contribution in [3.8, 4) is 0 Å². The zero-order valence-electron chi connectivity index (χ0n) is 12.0. The Bertz CT molecular complexity index is 402. The van der Waals surface area contributed by atoms with Crippen LogP contribution in [0.25, 0.3) is 0 Å². The van der Waals surface area contributed by atoms with E-state index >= 15 is 0 Å². The number of nitrogens with zero attached hydrogens (tertiary/aromatic N) is 1. The molecule has 5 nitrogen and oxygen atoms in total. The molecule has 1 amide bonds. The quantitative estimate of drug-likeness (QED) is 0.801. The van der Waals surface area contributed by atoms with Gasteiger partial charge < -0.3 is 9.84 Å². The van der Waals surface area contributed by atoms with Gasteiger partial charge in [0.1, 0.15) is 11.6 Å². The molecule has 2 aliphatic heterocycles. The van der Waals surface area contributed by atoms with E-state index in [-0.39, 0.29) is 4.08 Å². The van der Waals surface area contributed by atoms with Crippen molar-refractivity contribution in [3.63, 3.8) is 0 Å². The summed E-state index contributed by atoms with van der Waals surface area (Å²) in [6.45, 7) is 5.82. The number of carboxylic acid groups (broad SMARTS) is 1. The van der Waals surface area contributed by atoms with E-state index in [0.29, 0.717) is 13.0 Å². The van der Waals surface area contributed by atoms with Gasteiger partial charge in [-0.05, 0) is 38.7 Å². The zero-order valence-corrected chi connectivity index (χ0v) is 13.7. The van der Waals surface area contributed by atoms with E-state index < -0.39 is 23.7 Å².